The molecule has 15 heavy (non-hydrogen) atoms. The Balaban J connectivity index is 2.81. The van der Waals surface area contributed by atoms with Gasteiger partial charge in [-0.15, -0.1) is 0 Å². The first-order valence-corrected chi connectivity index (χ1v) is 5.17. The molecule has 0 aliphatic heterocycles. The minimum absolute atomic E-state index is 0.288. The van der Waals surface area contributed by atoms with Crippen molar-refractivity contribution in [2.45, 2.75) is 6.92 Å². The lowest BCUT2D eigenvalue weighted by atomic mass is 10.2. The molecule has 0 bridgehead atoms. The van der Waals surface area contributed by atoms with Crippen LogP contribution in [0, 0.1) is 5.82 Å². The van der Waals surface area contributed by atoms with Crippen molar-refractivity contribution >= 4 is 21.8 Å². The lowest BCUT2D eigenvalue weighted by Gasteiger charge is -2.06. The lowest BCUT2D eigenvalue weighted by molar-refractivity contribution is 0.0956. The molecule has 0 aliphatic carbocycles. The zero-order valence-electron chi connectivity index (χ0n) is 8.31. The zero-order chi connectivity index (χ0) is 11.4. The van der Waals surface area contributed by atoms with Gasteiger partial charge in [-0.3, -0.25) is 4.79 Å². The molecule has 2 nitrogen and oxygen atoms in total. The Morgan fingerprint density at radius 3 is 2.87 bits per heavy atom. The molecule has 0 aliphatic rings. The predicted molar refractivity (Wildman–Crippen MR) is 61.2 cm³/mol. The number of amides is 1. The van der Waals surface area contributed by atoms with Crippen molar-refractivity contribution in [3.63, 3.8) is 0 Å². The van der Waals surface area contributed by atoms with Crippen molar-refractivity contribution < 1.29 is 9.18 Å². The molecule has 1 rings (SSSR count). The maximum absolute atomic E-state index is 12.9. The van der Waals surface area contributed by atoms with Crippen LogP contribution in [0.25, 0.3) is 0 Å². The molecule has 0 aromatic heterocycles. The summed E-state index contributed by atoms with van der Waals surface area (Å²) < 4.78 is 13.5. The summed E-state index contributed by atoms with van der Waals surface area (Å²) >= 11 is 3.19. The van der Waals surface area contributed by atoms with Crippen molar-refractivity contribution in [1.82, 2.24) is 5.32 Å². The Hall–Kier alpha value is -1.16. The molecule has 0 spiro atoms. The minimum Gasteiger partial charge on any atom is -0.348 e. The van der Waals surface area contributed by atoms with Crippen LogP contribution in [-0.2, 0) is 0 Å². The van der Waals surface area contributed by atoms with Crippen LogP contribution in [0.3, 0.4) is 0 Å². The fourth-order valence-electron chi connectivity index (χ4n) is 0.998. The van der Waals surface area contributed by atoms with Gasteiger partial charge < -0.3 is 5.32 Å². The summed E-state index contributed by atoms with van der Waals surface area (Å²) in [5.74, 6) is -0.747. The van der Waals surface area contributed by atoms with E-state index in [4.69, 9.17) is 0 Å². The summed E-state index contributed by atoms with van der Waals surface area (Å²) in [6, 6.07) is 3.99. The third kappa shape index (κ3) is 3.47. The van der Waals surface area contributed by atoms with E-state index in [0.29, 0.717) is 11.0 Å². The van der Waals surface area contributed by atoms with Gasteiger partial charge in [-0.1, -0.05) is 12.2 Å². The van der Waals surface area contributed by atoms with Gasteiger partial charge in [-0.05, 0) is 41.1 Å². The van der Waals surface area contributed by atoms with Crippen molar-refractivity contribution in [2.75, 3.05) is 6.54 Å². The molecule has 0 saturated carbocycles. The molecular formula is C11H11BrFNO. The van der Waals surface area contributed by atoms with Crippen LogP contribution in [0.1, 0.15) is 17.3 Å². The van der Waals surface area contributed by atoms with E-state index in [0.717, 1.165) is 5.57 Å². The normalized spacial score (nSPS) is 9.80. The Morgan fingerprint density at radius 1 is 1.60 bits per heavy atom. The summed E-state index contributed by atoms with van der Waals surface area (Å²) in [4.78, 5) is 11.6. The number of carbonyl (C=O) groups excluding carboxylic acids is 1. The van der Waals surface area contributed by atoms with Crippen LogP contribution in [-0.4, -0.2) is 12.5 Å². The maximum Gasteiger partial charge on any atom is 0.252 e. The first-order chi connectivity index (χ1) is 7.00. The largest absolute Gasteiger partial charge is 0.348 e. The second-order valence-corrected chi connectivity index (χ2v) is 4.12. The number of nitrogens with one attached hydrogen (secondary N) is 1. The van der Waals surface area contributed by atoms with Gasteiger partial charge in [0.1, 0.15) is 5.82 Å². The van der Waals surface area contributed by atoms with Crippen LogP contribution < -0.4 is 5.32 Å². The highest BCUT2D eigenvalue weighted by Crippen LogP contribution is 2.17. The Morgan fingerprint density at radius 2 is 2.27 bits per heavy atom. The Kier molecular flexibility index (Phi) is 4.03. The van der Waals surface area contributed by atoms with Gasteiger partial charge in [0.2, 0.25) is 0 Å². The standard InChI is InChI=1S/C11H11BrFNO/c1-7(2)6-14-11(15)9-5-8(13)3-4-10(9)12/h3-5H,1,6H2,2H3,(H,14,15). The number of carbonyl (C=O) groups is 1. The van der Waals surface area contributed by atoms with Crippen LogP contribution in [0.4, 0.5) is 4.39 Å². The fraction of sp³-hybridized carbons (Fsp3) is 0.182. The van der Waals surface area contributed by atoms with E-state index in [1.165, 1.54) is 18.2 Å². The third-order valence-electron chi connectivity index (χ3n) is 1.72. The average molecular weight is 272 g/mol. The second-order valence-electron chi connectivity index (χ2n) is 3.26. The SMILES string of the molecule is C=C(C)CNC(=O)c1cc(F)ccc1Br. The van der Waals surface area contributed by atoms with Gasteiger partial charge in [0.15, 0.2) is 0 Å². The summed E-state index contributed by atoms with van der Waals surface area (Å²) in [6.07, 6.45) is 0. The molecule has 0 radical (unpaired) electrons. The summed E-state index contributed by atoms with van der Waals surface area (Å²) in [7, 11) is 0. The van der Waals surface area contributed by atoms with E-state index < -0.39 is 5.82 Å². The highest BCUT2D eigenvalue weighted by molar-refractivity contribution is 9.10. The molecular weight excluding hydrogens is 261 g/mol. The maximum atomic E-state index is 12.9. The fourth-order valence-corrected chi connectivity index (χ4v) is 1.42. The third-order valence-corrected chi connectivity index (χ3v) is 2.42. The van der Waals surface area contributed by atoms with Crippen molar-refractivity contribution in [3.05, 3.63) is 46.2 Å². The number of rotatable bonds is 3. The highest BCUT2D eigenvalue weighted by Gasteiger charge is 2.10. The van der Waals surface area contributed by atoms with E-state index in [-0.39, 0.29) is 11.5 Å². The highest BCUT2D eigenvalue weighted by atomic mass is 79.9. The smallest absolute Gasteiger partial charge is 0.252 e. The van der Waals surface area contributed by atoms with Gasteiger partial charge in [-0.2, -0.15) is 0 Å². The number of halogens is 2. The van der Waals surface area contributed by atoms with E-state index in [2.05, 4.69) is 27.8 Å². The summed E-state index contributed by atoms with van der Waals surface area (Å²) in [5, 5.41) is 2.63. The number of hydrogen-bond donors (Lipinski definition) is 1. The van der Waals surface area contributed by atoms with Gasteiger partial charge in [-0.25, -0.2) is 4.39 Å². The molecule has 80 valence electrons. The van der Waals surface area contributed by atoms with Gasteiger partial charge >= 0.3 is 0 Å². The number of benzene rings is 1. The van der Waals surface area contributed by atoms with E-state index >= 15 is 0 Å². The van der Waals surface area contributed by atoms with Gasteiger partial charge in [0, 0.05) is 11.0 Å². The molecule has 1 aromatic carbocycles. The van der Waals surface area contributed by atoms with Crippen molar-refractivity contribution in [2.24, 2.45) is 0 Å². The van der Waals surface area contributed by atoms with Crippen LogP contribution in [0.15, 0.2) is 34.8 Å². The topological polar surface area (TPSA) is 29.1 Å². The monoisotopic (exact) mass is 271 g/mol. The van der Waals surface area contributed by atoms with Crippen LogP contribution in [0.2, 0.25) is 0 Å². The first kappa shape index (κ1) is 11.9. The van der Waals surface area contributed by atoms with Crippen molar-refractivity contribution in [3.8, 4) is 0 Å². The molecule has 0 heterocycles. The minimum atomic E-state index is -0.432. The van der Waals surface area contributed by atoms with Gasteiger partial charge in [0.05, 0.1) is 5.56 Å². The van der Waals surface area contributed by atoms with Gasteiger partial charge in [0.25, 0.3) is 5.91 Å². The summed E-state index contributed by atoms with van der Waals surface area (Å²) in [5.41, 5.74) is 1.13. The quantitative estimate of drug-likeness (QED) is 0.842. The predicted octanol–water partition coefficient (Wildman–Crippen LogP) is 2.89. The number of hydrogen-bond acceptors (Lipinski definition) is 1. The summed E-state index contributed by atoms with van der Waals surface area (Å²) in [6.45, 7) is 5.86. The van der Waals surface area contributed by atoms with Crippen molar-refractivity contribution in [1.29, 1.82) is 0 Å². The van der Waals surface area contributed by atoms with Crippen LogP contribution in [0.5, 0.6) is 0 Å². The van der Waals surface area contributed by atoms with Crippen LogP contribution >= 0.6 is 15.9 Å². The average Bonchev–Trinajstić information content (AvgIpc) is 2.18. The first-order valence-electron chi connectivity index (χ1n) is 4.38. The zero-order valence-corrected chi connectivity index (χ0v) is 9.90. The molecule has 4 heteroatoms. The lowest BCUT2D eigenvalue weighted by Crippen LogP contribution is -2.25. The molecule has 0 saturated heterocycles. The Labute approximate surface area is 96.3 Å². The van der Waals surface area contributed by atoms with E-state index in [9.17, 15) is 9.18 Å². The molecule has 1 N–H and O–H groups in total. The Bertz CT molecular complexity index is 404. The second kappa shape index (κ2) is 5.07. The molecule has 1 amide bonds. The van der Waals surface area contributed by atoms with E-state index in [1.807, 2.05) is 0 Å². The molecule has 0 atom stereocenters. The molecule has 0 unspecified atom stereocenters. The molecule has 0 fully saturated rings. The molecule has 1 aromatic rings. The van der Waals surface area contributed by atoms with E-state index in [1.54, 1.807) is 6.92 Å².